The topological polar surface area (TPSA) is 46.9 Å². The molecule has 0 bridgehead atoms. The Balaban J connectivity index is 2.17. The van der Waals surface area contributed by atoms with Crippen molar-refractivity contribution in [1.82, 2.24) is 15.1 Å². The highest BCUT2D eigenvalue weighted by atomic mass is 19.4. The Kier molecular flexibility index (Phi) is 3.97. The largest absolute Gasteiger partial charge is 0.435 e. The summed E-state index contributed by atoms with van der Waals surface area (Å²) in [6, 6.07) is 5.68. The van der Waals surface area contributed by atoms with Crippen LogP contribution in [0.5, 0.6) is 0 Å². The molecule has 4 nitrogen and oxygen atoms in total. The molecule has 21 heavy (non-hydrogen) atoms. The van der Waals surface area contributed by atoms with Crippen molar-refractivity contribution >= 4 is 5.91 Å². The van der Waals surface area contributed by atoms with E-state index in [1.807, 2.05) is 0 Å². The third kappa shape index (κ3) is 3.39. The average Bonchev–Trinajstić information content (AvgIpc) is 2.80. The molecule has 1 aromatic carbocycles. The summed E-state index contributed by atoms with van der Waals surface area (Å²) in [6.45, 7) is -0.211. The molecule has 0 saturated heterocycles. The SMILES string of the molecule is Cn1cc(C(=O)NCc2ccccc2F)c(C(F)(F)F)n1. The van der Waals surface area contributed by atoms with Crippen molar-refractivity contribution in [3.63, 3.8) is 0 Å². The van der Waals surface area contributed by atoms with E-state index < -0.39 is 29.2 Å². The van der Waals surface area contributed by atoms with E-state index in [0.29, 0.717) is 0 Å². The van der Waals surface area contributed by atoms with Crippen LogP contribution < -0.4 is 5.32 Å². The molecule has 1 N–H and O–H groups in total. The molecule has 1 heterocycles. The first kappa shape index (κ1) is 15.0. The molecule has 0 spiro atoms. The number of alkyl halides is 3. The Bertz CT molecular complexity index is 664. The van der Waals surface area contributed by atoms with Crippen molar-refractivity contribution < 1.29 is 22.4 Å². The number of amides is 1. The molecule has 0 unspecified atom stereocenters. The Morgan fingerprint density at radius 2 is 2.00 bits per heavy atom. The van der Waals surface area contributed by atoms with Gasteiger partial charge in [0.1, 0.15) is 5.82 Å². The number of carbonyl (C=O) groups excluding carboxylic acids is 1. The quantitative estimate of drug-likeness (QED) is 0.886. The summed E-state index contributed by atoms with van der Waals surface area (Å²) in [5.41, 5.74) is -1.68. The molecule has 0 aliphatic heterocycles. The first-order valence-electron chi connectivity index (χ1n) is 5.91. The van der Waals surface area contributed by atoms with Crippen molar-refractivity contribution in [2.75, 3.05) is 0 Å². The second-order valence-corrected chi connectivity index (χ2v) is 4.34. The summed E-state index contributed by atoms with van der Waals surface area (Å²) < 4.78 is 52.5. The molecule has 0 aliphatic rings. The molecule has 0 aliphatic carbocycles. The number of aryl methyl sites for hydroxylation is 1. The maximum atomic E-state index is 13.4. The number of hydrogen-bond acceptors (Lipinski definition) is 2. The molecule has 0 radical (unpaired) electrons. The summed E-state index contributed by atoms with van der Waals surface area (Å²) in [4.78, 5) is 11.8. The minimum atomic E-state index is -4.73. The first-order chi connectivity index (χ1) is 9.79. The molecule has 0 fully saturated rings. The van der Waals surface area contributed by atoms with Gasteiger partial charge in [0, 0.05) is 25.4 Å². The number of benzene rings is 1. The lowest BCUT2D eigenvalue weighted by Gasteiger charge is -2.08. The number of nitrogens with zero attached hydrogens (tertiary/aromatic N) is 2. The van der Waals surface area contributed by atoms with E-state index in [-0.39, 0.29) is 12.1 Å². The predicted octanol–water partition coefficient (Wildman–Crippen LogP) is 2.51. The van der Waals surface area contributed by atoms with Gasteiger partial charge in [0.2, 0.25) is 0 Å². The first-order valence-corrected chi connectivity index (χ1v) is 5.91. The lowest BCUT2D eigenvalue weighted by molar-refractivity contribution is -0.141. The highest BCUT2D eigenvalue weighted by molar-refractivity contribution is 5.95. The van der Waals surface area contributed by atoms with E-state index in [4.69, 9.17) is 0 Å². The second-order valence-electron chi connectivity index (χ2n) is 4.34. The van der Waals surface area contributed by atoms with Crippen LogP contribution in [0, 0.1) is 5.82 Å². The Hall–Kier alpha value is -2.38. The minimum Gasteiger partial charge on any atom is -0.348 e. The van der Waals surface area contributed by atoms with Crippen molar-refractivity contribution in [2.24, 2.45) is 7.05 Å². The summed E-state index contributed by atoms with van der Waals surface area (Å²) in [5.74, 6) is -1.50. The fourth-order valence-electron chi connectivity index (χ4n) is 1.78. The fraction of sp³-hybridized carbons (Fsp3) is 0.231. The summed E-state index contributed by atoms with van der Waals surface area (Å²) >= 11 is 0. The summed E-state index contributed by atoms with van der Waals surface area (Å²) in [5, 5.41) is 5.48. The van der Waals surface area contributed by atoms with Gasteiger partial charge in [-0.2, -0.15) is 18.3 Å². The van der Waals surface area contributed by atoms with Crippen molar-refractivity contribution in [3.05, 3.63) is 53.1 Å². The highest BCUT2D eigenvalue weighted by Gasteiger charge is 2.38. The van der Waals surface area contributed by atoms with Gasteiger partial charge in [0.05, 0.1) is 5.56 Å². The van der Waals surface area contributed by atoms with E-state index in [0.717, 1.165) is 10.9 Å². The van der Waals surface area contributed by atoms with Crippen LogP contribution in [0.15, 0.2) is 30.5 Å². The summed E-state index contributed by atoms with van der Waals surface area (Å²) in [7, 11) is 1.28. The standard InChI is InChI=1S/C13H11F4N3O/c1-20-7-9(11(19-20)13(15,16)17)12(21)18-6-8-4-2-3-5-10(8)14/h2-5,7H,6H2,1H3,(H,18,21). The van der Waals surface area contributed by atoms with Crippen LogP contribution >= 0.6 is 0 Å². The molecular formula is C13H11F4N3O. The van der Waals surface area contributed by atoms with Gasteiger partial charge in [0.15, 0.2) is 5.69 Å². The van der Waals surface area contributed by atoms with Crippen LogP contribution in [0.1, 0.15) is 21.6 Å². The molecule has 1 aromatic heterocycles. The van der Waals surface area contributed by atoms with Crippen molar-refractivity contribution in [2.45, 2.75) is 12.7 Å². The van der Waals surface area contributed by atoms with E-state index in [2.05, 4.69) is 10.4 Å². The van der Waals surface area contributed by atoms with E-state index in [9.17, 15) is 22.4 Å². The molecule has 112 valence electrons. The molecule has 2 rings (SSSR count). The third-order valence-electron chi connectivity index (χ3n) is 2.74. The summed E-state index contributed by atoms with van der Waals surface area (Å²) in [6.07, 6.45) is -3.76. The smallest absolute Gasteiger partial charge is 0.348 e. The zero-order chi connectivity index (χ0) is 15.6. The van der Waals surface area contributed by atoms with Crippen LogP contribution in [0.3, 0.4) is 0 Å². The van der Waals surface area contributed by atoms with Crippen molar-refractivity contribution in [1.29, 1.82) is 0 Å². The number of carbonyl (C=O) groups is 1. The third-order valence-corrected chi connectivity index (χ3v) is 2.74. The monoisotopic (exact) mass is 301 g/mol. The zero-order valence-corrected chi connectivity index (χ0v) is 10.9. The number of halogens is 4. The second kappa shape index (κ2) is 5.55. The number of rotatable bonds is 3. The van der Waals surface area contributed by atoms with E-state index in [1.165, 1.54) is 25.2 Å². The van der Waals surface area contributed by atoms with Crippen LogP contribution in [0.2, 0.25) is 0 Å². The number of aromatic nitrogens is 2. The van der Waals surface area contributed by atoms with Crippen LogP contribution in [-0.4, -0.2) is 15.7 Å². The van der Waals surface area contributed by atoms with Gasteiger partial charge in [-0.1, -0.05) is 18.2 Å². The molecule has 0 saturated carbocycles. The molecule has 2 aromatic rings. The average molecular weight is 301 g/mol. The van der Waals surface area contributed by atoms with Gasteiger partial charge in [-0.15, -0.1) is 0 Å². The molecular weight excluding hydrogens is 290 g/mol. The molecule has 1 amide bonds. The number of hydrogen-bond donors (Lipinski definition) is 1. The Morgan fingerprint density at radius 3 is 2.62 bits per heavy atom. The van der Waals surface area contributed by atoms with Gasteiger partial charge >= 0.3 is 6.18 Å². The van der Waals surface area contributed by atoms with E-state index >= 15 is 0 Å². The fourth-order valence-corrected chi connectivity index (χ4v) is 1.78. The van der Waals surface area contributed by atoms with Gasteiger partial charge < -0.3 is 5.32 Å². The minimum absolute atomic E-state index is 0.184. The Morgan fingerprint density at radius 1 is 1.33 bits per heavy atom. The maximum Gasteiger partial charge on any atom is 0.435 e. The number of nitrogens with one attached hydrogen (secondary N) is 1. The lowest BCUT2D eigenvalue weighted by Crippen LogP contribution is -2.25. The normalized spacial score (nSPS) is 11.5. The molecule has 8 heteroatoms. The van der Waals surface area contributed by atoms with Crippen LogP contribution in [-0.2, 0) is 19.8 Å². The molecule has 0 atom stereocenters. The zero-order valence-electron chi connectivity index (χ0n) is 10.9. The Labute approximate surface area is 117 Å². The van der Waals surface area contributed by atoms with Gasteiger partial charge in [-0.25, -0.2) is 4.39 Å². The highest BCUT2D eigenvalue weighted by Crippen LogP contribution is 2.30. The lowest BCUT2D eigenvalue weighted by atomic mass is 10.2. The van der Waals surface area contributed by atoms with Crippen molar-refractivity contribution in [3.8, 4) is 0 Å². The van der Waals surface area contributed by atoms with Crippen LogP contribution in [0.4, 0.5) is 17.6 Å². The van der Waals surface area contributed by atoms with Gasteiger partial charge in [-0.05, 0) is 6.07 Å². The van der Waals surface area contributed by atoms with Gasteiger partial charge in [0.25, 0.3) is 5.91 Å². The van der Waals surface area contributed by atoms with E-state index in [1.54, 1.807) is 6.07 Å². The van der Waals surface area contributed by atoms with Gasteiger partial charge in [-0.3, -0.25) is 9.48 Å². The maximum absolute atomic E-state index is 13.4. The predicted molar refractivity (Wildman–Crippen MR) is 65.8 cm³/mol. The van der Waals surface area contributed by atoms with Crippen LogP contribution in [0.25, 0.3) is 0 Å².